The van der Waals surface area contributed by atoms with Crippen LogP contribution in [0.3, 0.4) is 0 Å². The average Bonchev–Trinajstić information content (AvgIpc) is 2.76. The minimum absolute atomic E-state index is 0.210. The Balaban J connectivity index is 1.42. The Kier molecular flexibility index (Phi) is 8.40. The number of hydrogen-bond acceptors (Lipinski definition) is 5. The van der Waals surface area contributed by atoms with E-state index < -0.39 is 0 Å². The third-order valence-corrected chi connectivity index (χ3v) is 5.72. The van der Waals surface area contributed by atoms with Crippen molar-refractivity contribution in [3.63, 3.8) is 0 Å². The van der Waals surface area contributed by atoms with Crippen molar-refractivity contribution in [2.75, 3.05) is 56.6 Å². The molecule has 0 unspecified atom stereocenters. The molecule has 1 fully saturated rings. The van der Waals surface area contributed by atoms with Crippen LogP contribution in [0.4, 0.5) is 16.2 Å². The fraction of sp³-hybridized carbons (Fsp3) is 0.364. The number of halogens is 2. The fourth-order valence-corrected chi connectivity index (χ4v) is 3.88. The van der Waals surface area contributed by atoms with Crippen LogP contribution in [-0.4, -0.2) is 63.3 Å². The van der Waals surface area contributed by atoms with Gasteiger partial charge in [-0.25, -0.2) is 4.79 Å². The molecule has 7 nitrogen and oxygen atoms in total. The molecular weight excluding hydrogens is 439 g/mol. The minimum atomic E-state index is -0.269. The molecule has 3 rings (SSSR count). The van der Waals surface area contributed by atoms with E-state index in [1.165, 1.54) is 7.11 Å². The van der Waals surface area contributed by atoms with Gasteiger partial charge in [0, 0.05) is 54.1 Å². The maximum absolute atomic E-state index is 12.1. The van der Waals surface area contributed by atoms with Crippen LogP contribution in [0.25, 0.3) is 0 Å². The highest BCUT2D eigenvalue weighted by Crippen LogP contribution is 2.21. The average molecular weight is 465 g/mol. The van der Waals surface area contributed by atoms with Crippen LogP contribution in [0.2, 0.25) is 10.0 Å². The molecule has 0 bridgehead atoms. The first-order valence-electron chi connectivity index (χ1n) is 10.1. The predicted octanol–water partition coefficient (Wildman–Crippen LogP) is 3.65. The standard InChI is InChI=1S/C22H26Cl2N4O3/c1-31-21(29)15-27-10-12-28(13-11-27)19-6-4-18(5-7-19)26-22(30)25-9-8-16-2-3-17(23)14-20(16)24/h2-7,14H,8-13,15H2,1H3,(H2,25,26,30). The summed E-state index contributed by atoms with van der Waals surface area (Å²) in [6, 6.07) is 12.8. The van der Waals surface area contributed by atoms with Gasteiger partial charge in [-0.3, -0.25) is 9.69 Å². The number of piperazine rings is 1. The normalized spacial score (nSPS) is 14.2. The highest BCUT2D eigenvalue weighted by molar-refractivity contribution is 6.35. The van der Waals surface area contributed by atoms with Gasteiger partial charge in [0.25, 0.3) is 0 Å². The molecule has 1 aliphatic heterocycles. The molecule has 2 aromatic carbocycles. The molecule has 166 valence electrons. The number of carbonyl (C=O) groups excluding carboxylic acids is 2. The second kappa shape index (κ2) is 11.2. The third kappa shape index (κ3) is 7.02. The van der Waals surface area contributed by atoms with Crippen LogP contribution in [0.1, 0.15) is 5.56 Å². The smallest absolute Gasteiger partial charge is 0.319 e. The van der Waals surface area contributed by atoms with E-state index in [2.05, 4.69) is 20.4 Å². The van der Waals surface area contributed by atoms with Crippen LogP contribution in [0.5, 0.6) is 0 Å². The van der Waals surface area contributed by atoms with Gasteiger partial charge < -0.3 is 20.3 Å². The van der Waals surface area contributed by atoms with E-state index in [4.69, 9.17) is 27.9 Å². The second-order valence-electron chi connectivity index (χ2n) is 7.25. The number of rotatable bonds is 7. The molecule has 0 atom stereocenters. The Morgan fingerprint density at radius 2 is 1.74 bits per heavy atom. The lowest BCUT2D eigenvalue weighted by Crippen LogP contribution is -2.48. The Bertz CT molecular complexity index is 900. The van der Waals surface area contributed by atoms with E-state index in [9.17, 15) is 9.59 Å². The summed E-state index contributed by atoms with van der Waals surface area (Å²) in [6.45, 7) is 4.05. The third-order valence-electron chi connectivity index (χ3n) is 5.14. The molecule has 0 saturated carbocycles. The van der Waals surface area contributed by atoms with Gasteiger partial charge in [0.05, 0.1) is 13.7 Å². The number of urea groups is 1. The number of hydrogen-bond donors (Lipinski definition) is 2. The van der Waals surface area contributed by atoms with Crippen LogP contribution in [0.15, 0.2) is 42.5 Å². The highest BCUT2D eigenvalue weighted by Gasteiger charge is 2.19. The molecule has 0 aliphatic carbocycles. The molecular formula is C22H26Cl2N4O3. The van der Waals surface area contributed by atoms with Crippen LogP contribution in [-0.2, 0) is 16.0 Å². The molecule has 31 heavy (non-hydrogen) atoms. The summed E-state index contributed by atoms with van der Waals surface area (Å²) in [7, 11) is 1.41. The van der Waals surface area contributed by atoms with E-state index in [0.29, 0.717) is 29.6 Å². The molecule has 0 radical (unpaired) electrons. The van der Waals surface area contributed by atoms with E-state index in [-0.39, 0.29) is 12.0 Å². The van der Waals surface area contributed by atoms with Gasteiger partial charge >= 0.3 is 12.0 Å². The van der Waals surface area contributed by atoms with Crippen molar-refractivity contribution >= 4 is 46.6 Å². The lowest BCUT2D eigenvalue weighted by Gasteiger charge is -2.35. The molecule has 2 aromatic rings. The summed E-state index contributed by atoms with van der Waals surface area (Å²) in [5, 5.41) is 6.85. The van der Waals surface area contributed by atoms with Crippen molar-refractivity contribution in [2.45, 2.75) is 6.42 Å². The molecule has 2 N–H and O–H groups in total. The Morgan fingerprint density at radius 3 is 2.39 bits per heavy atom. The summed E-state index contributed by atoms with van der Waals surface area (Å²) in [5.41, 5.74) is 2.73. The Labute approximate surface area is 192 Å². The van der Waals surface area contributed by atoms with E-state index >= 15 is 0 Å². The summed E-state index contributed by atoms with van der Waals surface area (Å²) >= 11 is 12.0. The SMILES string of the molecule is COC(=O)CN1CCN(c2ccc(NC(=O)NCCc3ccc(Cl)cc3Cl)cc2)CC1. The summed E-state index contributed by atoms with van der Waals surface area (Å²) in [5.74, 6) is -0.210. The number of benzene rings is 2. The van der Waals surface area contributed by atoms with Crippen LogP contribution >= 0.6 is 23.2 Å². The quantitative estimate of drug-likeness (QED) is 0.611. The first kappa shape index (κ1) is 23.2. The molecule has 1 aliphatic rings. The first-order valence-corrected chi connectivity index (χ1v) is 10.8. The van der Waals surface area contributed by atoms with Gasteiger partial charge in [-0.15, -0.1) is 0 Å². The number of nitrogens with one attached hydrogen (secondary N) is 2. The fourth-order valence-electron chi connectivity index (χ4n) is 3.38. The number of nitrogens with zero attached hydrogens (tertiary/aromatic N) is 2. The van der Waals surface area contributed by atoms with Gasteiger partial charge in [-0.2, -0.15) is 0 Å². The largest absolute Gasteiger partial charge is 0.468 e. The number of esters is 1. The zero-order chi connectivity index (χ0) is 22.2. The molecule has 0 spiro atoms. The van der Waals surface area contributed by atoms with Gasteiger partial charge in [0.2, 0.25) is 0 Å². The van der Waals surface area contributed by atoms with Gasteiger partial charge in [0.1, 0.15) is 0 Å². The summed E-state index contributed by atoms with van der Waals surface area (Å²) in [4.78, 5) is 27.9. The van der Waals surface area contributed by atoms with Crippen molar-refractivity contribution in [2.24, 2.45) is 0 Å². The van der Waals surface area contributed by atoms with Gasteiger partial charge in [-0.1, -0.05) is 29.3 Å². The van der Waals surface area contributed by atoms with Crippen molar-refractivity contribution in [1.29, 1.82) is 0 Å². The Hall–Kier alpha value is -2.48. The van der Waals surface area contributed by atoms with Crippen molar-refractivity contribution in [3.8, 4) is 0 Å². The molecule has 9 heteroatoms. The number of anilines is 2. The Morgan fingerprint density at radius 1 is 1.03 bits per heavy atom. The lowest BCUT2D eigenvalue weighted by molar-refractivity contribution is -0.142. The zero-order valence-electron chi connectivity index (χ0n) is 17.4. The van der Waals surface area contributed by atoms with Crippen molar-refractivity contribution in [1.82, 2.24) is 10.2 Å². The number of amides is 2. The highest BCUT2D eigenvalue weighted by atomic mass is 35.5. The van der Waals surface area contributed by atoms with E-state index in [1.54, 1.807) is 12.1 Å². The van der Waals surface area contributed by atoms with Gasteiger partial charge in [0.15, 0.2) is 0 Å². The zero-order valence-corrected chi connectivity index (χ0v) is 18.9. The second-order valence-corrected chi connectivity index (χ2v) is 8.10. The first-order chi connectivity index (χ1) is 14.9. The van der Waals surface area contributed by atoms with E-state index in [0.717, 1.165) is 43.1 Å². The molecule has 1 saturated heterocycles. The summed E-state index contributed by atoms with van der Waals surface area (Å²) < 4.78 is 4.72. The molecule has 0 aromatic heterocycles. The number of carbonyl (C=O) groups is 2. The van der Waals surface area contributed by atoms with Gasteiger partial charge in [-0.05, 0) is 48.4 Å². The predicted molar refractivity (Wildman–Crippen MR) is 124 cm³/mol. The monoisotopic (exact) mass is 464 g/mol. The lowest BCUT2D eigenvalue weighted by atomic mass is 10.1. The summed E-state index contributed by atoms with van der Waals surface area (Å²) in [6.07, 6.45) is 0.615. The van der Waals surface area contributed by atoms with Crippen molar-refractivity contribution < 1.29 is 14.3 Å². The topological polar surface area (TPSA) is 73.9 Å². The minimum Gasteiger partial charge on any atom is -0.468 e. The van der Waals surface area contributed by atoms with Crippen molar-refractivity contribution in [3.05, 3.63) is 58.1 Å². The van der Waals surface area contributed by atoms with E-state index in [1.807, 2.05) is 30.3 Å². The number of ether oxygens (including phenoxy) is 1. The molecule has 1 heterocycles. The molecule has 2 amide bonds. The van der Waals surface area contributed by atoms with Crippen LogP contribution < -0.4 is 15.5 Å². The number of methoxy groups -OCH3 is 1. The maximum Gasteiger partial charge on any atom is 0.319 e. The maximum atomic E-state index is 12.1. The van der Waals surface area contributed by atoms with Crippen LogP contribution in [0, 0.1) is 0 Å².